The van der Waals surface area contributed by atoms with Crippen molar-refractivity contribution in [3.05, 3.63) is 53.8 Å². The Balaban J connectivity index is 1.58. The second kappa shape index (κ2) is 8.08. The smallest absolute Gasteiger partial charge is 0.227 e. The molecule has 2 aromatic carbocycles. The first-order chi connectivity index (χ1) is 12.6. The quantitative estimate of drug-likeness (QED) is 0.824. The molecule has 26 heavy (non-hydrogen) atoms. The van der Waals surface area contributed by atoms with Crippen LogP contribution in [0.4, 0.5) is 10.1 Å². The molecule has 0 bridgehead atoms. The SMILES string of the molecule is COc1ccc(CC(=O)N2CCN(c3cccc(F)c3)CC2)cc1OC. The molecule has 1 aliphatic heterocycles. The van der Waals surface area contributed by atoms with Crippen LogP contribution in [0.2, 0.25) is 0 Å². The van der Waals surface area contributed by atoms with Gasteiger partial charge >= 0.3 is 0 Å². The Kier molecular flexibility index (Phi) is 5.61. The van der Waals surface area contributed by atoms with Crippen molar-refractivity contribution in [3.8, 4) is 11.5 Å². The predicted octanol–water partition coefficient (Wildman–Crippen LogP) is 2.73. The van der Waals surface area contributed by atoms with E-state index in [1.807, 2.05) is 29.2 Å². The molecule has 5 nitrogen and oxygen atoms in total. The second-order valence-electron chi connectivity index (χ2n) is 6.21. The number of carbonyl (C=O) groups excluding carboxylic acids is 1. The van der Waals surface area contributed by atoms with Gasteiger partial charge in [-0.2, -0.15) is 0 Å². The van der Waals surface area contributed by atoms with Gasteiger partial charge in [-0.15, -0.1) is 0 Å². The van der Waals surface area contributed by atoms with Gasteiger partial charge in [0.2, 0.25) is 5.91 Å². The normalized spacial score (nSPS) is 14.3. The Bertz CT molecular complexity index is 773. The van der Waals surface area contributed by atoms with E-state index in [2.05, 4.69) is 4.90 Å². The zero-order chi connectivity index (χ0) is 18.5. The van der Waals surface area contributed by atoms with Gasteiger partial charge in [0.1, 0.15) is 5.82 Å². The highest BCUT2D eigenvalue weighted by molar-refractivity contribution is 5.79. The van der Waals surface area contributed by atoms with Crippen molar-refractivity contribution in [2.45, 2.75) is 6.42 Å². The van der Waals surface area contributed by atoms with Crippen molar-refractivity contribution in [1.82, 2.24) is 4.90 Å². The van der Waals surface area contributed by atoms with Crippen LogP contribution >= 0.6 is 0 Å². The van der Waals surface area contributed by atoms with Crippen LogP contribution in [0.25, 0.3) is 0 Å². The summed E-state index contributed by atoms with van der Waals surface area (Å²) in [5.41, 5.74) is 1.75. The van der Waals surface area contributed by atoms with Crippen LogP contribution < -0.4 is 14.4 Å². The molecule has 1 heterocycles. The first kappa shape index (κ1) is 18.0. The molecular formula is C20H23FN2O3. The van der Waals surface area contributed by atoms with E-state index in [4.69, 9.17) is 9.47 Å². The van der Waals surface area contributed by atoms with Crippen LogP contribution in [0.15, 0.2) is 42.5 Å². The standard InChI is InChI=1S/C20H23FN2O3/c1-25-18-7-6-15(12-19(18)26-2)13-20(24)23-10-8-22(9-11-23)17-5-3-4-16(21)14-17/h3-7,12,14H,8-11,13H2,1-2H3. The number of hydrogen-bond acceptors (Lipinski definition) is 4. The van der Waals surface area contributed by atoms with Crippen molar-refractivity contribution in [2.24, 2.45) is 0 Å². The number of benzene rings is 2. The van der Waals surface area contributed by atoms with E-state index in [-0.39, 0.29) is 11.7 Å². The molecule has 0 aliphatic carbocycles. The maximum absolute atomic E-state index is 13.4. The van der Waals surface area contributed by atoms with Gasteiger partial charge in [-0.3, -0.25) is 4.79 Å². The van der Waals surface area contributed by atoms with Crippen LogP contribution in [0.1, 0.15) is 5.56 Å². The number of rotatable bonds is 5. The summed E-state index contributed by atoms with van der Waals surface area (Å²) in [7, 11) is 3.16. The Labute approximate surface area is 152 Å². The van der Waals surface area contributed by atoms with E-state index in [0.29, 0.717) is 44.1 Å². The molecule has 0 unspecified atom stereocenters. The Morgan fingerprint density at radius 3 is 2.38 bits per heavy atom. The fraction of sp³-hybridized carbons (Fsp3) is 0.350. The molecule has 0 atom stereocenters. The number of ether oxygens (including phenoxy) is 2. The molecule has 6 heteroatoms. The minimum Gasteiger partial charge on any atom is -0.493 e. The number of anilines is 1. The molecular weight excluding hydrogens is 335 g/mol. The largest absolute Gasteiger partial charge is 0.493 e. The predicted molar refractivity (Wildman–Crippen MR) is 98.4 cm³/mol. The monoisotopic (exact) mass is 358 g/mol. The van der Waals surface area contributed by atoms with Gasteiger partial charge in [0.25, 0.3) is 0 Å². The molecule has 2 aromatic rings. The maximum Gasteiger partial charge on any atom is 0.227 e. The summed E-state index contributed by atoms with van der Waals surface area (Å²) < 4.78 is 23.9. The number of amides is 1. The summed E-state index contributed by atoms with van der Waals surface area (Å²) in [6, 6.07) is 12.1. The molecule has 1 aliphatic rings. The highest BCUT2D eigenvalue weighted by Crippen LogP contribution is 2.28. The van der Waals surface area contributed by atoms with Gasteiger partial charge < -0.3 is 19.3 Å². The number of piperazine rings is 1. The summed E-state index contributed by atoms with van der Waals surface area (Å²) in [6.45, 7) is 2.65. The molecule has 1 amide bonds. The number of carbonyl (C=O) groups is 1. The van der Waals surface area contributed by atoms with Crippen molar-refractivity contribution in [2.75, 3.05) is 45.3 Å². The molecule has 1 fully saturated rings. The van der Waals surface area contributed by atoms with E-state index >= 15 is 0 Å². The average molecular weight is 358 g/mol. The van der Waals surface area contributed by atoms with Crippen molar-refractivity contribution in [1.29, 1.82) is 0 Å². The summed E-state index contributed by atoms with van der Waals surface area (Å²) in [5, 5.41) is 0. The number of hydrogen-bond donors (Lipinski definition) is 0. The zero-order valence-electron chi connectivity index (χ0n) is 15.1. The number of methoxy groups -OCH3 is 2. The van der Waals surface area contributed by atoms with Crippen molar-refractivity contribution >= 4 is 11.6 Å². The summed E-state index contributed by atoms with van der Waals surface area (Å²) in [5.74, 6) is 1.10. The molecule has 3 rings (SSSR count). The van der Waals surface area contributed by atoms with Gasteiger partial charge in [0.05, 0.1) is 20.6 Å². The molecule has 0 aromatic heterocycles. The Morgan fingerprint density at radius 2 is 1.73 bits per heavy atom. The summed E-state index contributed by atoms with van der Waals surface area (Å²) in [4.78, 5) is 16.5. The highest BCUT2D eigenvalue weighted by atomic mass is 19.1. The molecule has 0 radical (unpaired) electrons. The Hall–Kier alpha value is -2.76. The minimum absolute atomic E-state index is 0.0797. The van der Waals surface area contributed by atoms with Crippen molar-refractivity contribution < 1.29 is 18.7 Å². The minimum atomic E-state index is -0.241. The summed E-state index contributed by atoms with van der Waals surface area (Å²) >= 11 is 0. The first-order valence-corrected chi connectivity index (χ1v) is 8.60. The van der Waals surface area contributed by atoms with E-state index in [9.17, 15) is 9.18 Å². The third kappa shape index (κ3) is 4.07. The number of nitrogens with zero attached hydrogens (tertiary/aromatic N) is 2. The lowest BCUT2D eigenvalue weighted by Gasteiger charge is -2.36. The van der Waals surface area contributed by atoms with E-state index in [1.165, 1.54) is 12.1 Å². The fourth-order valence-electron chi connectivity index (χ4n) is 3.16. The molecule has 1 saturated heterocycles. The highest BCUT2D eigenvalue weighted by Gasteiger charge is 2.22. The average Bonchev–Trinajstić information content (AvgIpc) is 2.68. The molecule has 138 valence electrons. The molecule has 0 spiro atoms. The first-order valence-electron chi connectivity index (χ1n) is 8.60. The van der Waals surface area contributed by atoms with Crippen LogP contribution in [0, 0.1) is 5.82 Å². The number of halogens is 1. The van der Waals surface area contributed by atoms with E-state index in [0.717, 1.165) is 11.3 Å². The van der Waals surface area contributed by atoms with E-state index < -0.39 is 0 Å². The Morgan fingerprint density at radius 1 is 1.00 bits per heavy atom. The van der Waals surface area contributed by atoms with Crippen LogP contribution in [-0.4, -0.2) is 51.2 Å². The third-order valence-corrected chi connectivity index (χ3v) is 4.61. The van der Waals surface area contributed by atoms with Gasteiger partial charge in [-0.25, -0.2) is 4.39 Å². The topological polar surface area (TPSA) is 42.0 Å². The lowest BCUT2D eigenvalue weighted by atomic mass is 10.1. The van der Waals surface area contributed by atoms with Crippen LogP contribution in [0.5, 0.6) is 11.5 Å². The van der Waals surface area contributed by atoms with Gasteiger partial charge in [-0.1, -0.05) is 12.1 Å². The van der Waals surface area contributed by atoms with E-state index in [1.54, 1.807) is 20.3 Å². The second-order valence-corrected chi connectivity index (χ2v) is 6.21. The van der Waals surface area contributed by atoms with Crippen molar-refractivity contribution in [3.63, 3.8) is 0 Å². The van der Waals surface area contributed by atoms with Gasteiger partial charge in [-0.05, 0) is 35.9 Å². The lowest BCUT2D eigenvalue weighted by Crippen LogP contribution is -2.49. The zero-order valence-corrected chi connectivity index (χ0v) is 15.1. The van der Waals surface area contributed by atoms with Crippen LogP contribution in [0.3, 0.4) is 0 Å². The lowest BCUT2D eigenvalue weighted by molar-refractivity contribution is -0.130. The van der Waals surface area contributed by atoms with Gasteiger partial charge in [0.15, 0.2) is 11.5 Å². The van der Waals surface area contributed by atoms with Gasteiger partial charge in [0, 0.05) is 31.9 Å². The van der Waals surface area contributed by atoms with Crippen LogP contribution in [-0.2, 0) is 11.2 Å². The fourth-order valence-corrected chi connectivity index (χ4v) is 3.16. The molecule has 0 saturated carbocycles. The third-order valence-electron chi connectivity index (χ3n) is 4.61. The maximum atomic E-state index is 13.4. The summed E-state index contributed by atoms with van der Waals surface area (Å²) in [6.07, 6.45) is 0.320. The molecule has 0 N–H and O–H groups in total.